The SMILES string of the molecule is Cc1cccc2sc3cc(N(c4ccc(-c5ccc(-c6ccccc6)cc5-c5ccccc5)cc4)c4ccc5ccccc5c4-c4ccccc4)ccc3c12. The molecular weight excluding hydrogens is 683 g/mol. The average molecular weight is 720 g/mol. The maximum atomic E-state index is 2.45. The number of benzene rings is 9. The second kappa shape index (κ2) is 13.9. The van der Waals surface area contributed by atoms with Crippen molar-refractivity contribution in [1.29, 1.82) is 0 Å². The lowest BCUT2D eigenvalue weighted by molar-refractivity contribution is 1.30. The molecule has 0 fully saturated rings. The molecule has 0 saturated carbocycles. The molecule has 0 spiro atoms. The number of hydrogen-bond donors (Lipinski definition) is 0. The van der Waals surface area contributed by atoms with Crippen LogP contribution in [0.2, 0.25) is 0 Å². The van der Waals surface area contributed by atoms with Crippen LogP contribution in [0.4, 0.5) is 17.1 Å². The van der Waals surface area contributed by atoms with E-state index in [2.05, 4.69) is 218 Å². The molecule has 0 aliphatic rings. The molecule has 260 valence electrons. The van der Waals surface area contributed by atoms with Gasteiger partial charge in [0.2, 0.25) is 0 Å². The first-order valence-electron chi connectivity index (χ1n) is 18.8. The number of aryl methyl sites for hydroxylation is 1. The fraction of sp³-hybridized carbons (Fsp3) is 0.0189. The van der Waals surface area contributed by atoms with Gasteiger partial charge in [-0.25, -0.2) is 0 Å². The normalized spacial score (nSPS) is 11.4. The lowest BCUT2D eigenvalue weighted by Gasteiger charge is -2.29. The van der Waals surface area contributed by atoms with E-state index in [1.807, 2.05) is 11.3 Å². The molecule has 0 bridgehead atoms. The van der Waals surface area contributed by atoms with Crippen molar-refractivity contribution < 1.29 is 0 Å². The number of rotatable bonds is 7. The molecule has 10 rings (SSSR count). The molecule has 9 aromatic carbocycles. The van der Waals surface area contributed by atoms with Gasteiger partial charge in [0, 0.05) is 37.1 Å². The Balaban J connectivity index is 1.16. The monoisotopic (exact) mass is 719 g/mol. The molecule has 1 heterocycles. The van der Waals surface area contributed by atoms with Crippen LogP contribution in [-0.4, -0.2) is 0 Å². The van der Waals surface area contributed by atoms with E-state index < -0.39 is 0 Å². The molecule has 0 atom stereocenters. The topological polar surface area (TPSA) is 3.24 Å². The van der Waals surface area contributed by atoms with E-state index in [9.17, 15) is 0 Å². The molecule has 0 amide bonds. The summed E-state index contributed by atoms with van der Waals surface area (Å²) >= 11 is 1.87. The van der Waals surface area contributed by atoms with E-state index in [1.54, 1.807) is 0 Å². The lowest BCUT2D eigenvalue weighted by atomic mass is 9.91. The molecule has 55 heavy (non-hydrogen) atoms. The highest BCUT2D eigenvalue weighted by molar-refractivity contribution is 7.25. The molecule has 0 aliphatic carbocycles. The first kappa shape index (κ1) is 32.9. The van der Waals surface area contributed by atoms with E-state index in [4.69, 9.17) is 0 Å². The Morgan fingerprint density at radius 1 is 0.382 bits per heavy atom. The second-order valence-corrected chi connectivity index (χ2v) is 15.2. The van der Waals surface area contributed by atoms with E-state index in [0.717, 1.165) is 17.1 Å². The van der Waals surface area contributed by atoms with Crippen LogP contribution in [0.5, 0.6) is 0 Å². The molecular formula is C53H37NS. The summed E-state index contributed by atoms with van der Waals surface area (Å²) in [7, 11) is 0. The Morgan fingerprint density at radius 3 is 1.78 bits per heavy atom. The minimum absolute atomic E-state index is 1.11. The van der Waals surface area contributed by atoms with Crippen molar-refractivity contribution in [2.75, 3.05) is 4.90 Å². The van der Waals surface area contributed by atoms with E-state index >= 15 is 0 Å². The van der Waals surface area contributed by atoms with Crippen molar-refractivity contribution >= 4 is 59.3 Å². The maximum absolute atomic E-state index is 2.45. The van der Waals surface area contributed by atoms with Crippen LogP contribution in [-0.2, 0) is 0 Å². The van der Waals surface area contributed by atoms with Crippen molar-refractivity contribution in [2.45, 2.75) is 6.92 Å². The van der Waals surface area contributed by atoms with Crippen LogP contribution in [0, 0.1) is 6.92 Å². The Hall–Kier alpha value is -6.74. The molecule has 1 nitrogen and oxygen atoms in total. The van der Waals surface area contributed by atoms with Crippen LogP contribution < -0.4 is 4.90 Å². The van der Waals surface area contributed by atoms with E-state index in [0.29, 0.717) is 0 Å². The van der Waals surface area contributed by atoms with Gasteiger partial charge >= 0.3 is 0 Å². The predicted octanol–water partition coefficient (Wildman–Crippen LogP) is 15.7. The van der Waals surface area contributed by atoms with E-state index in [1.165, 1.54) is 81.0 Å². The van der Waals surface area contributed by atoms with Gasteiger partial charge < -0.3 is 4.90 Å². The summed E-state index contributed by atoms with van der Waals surface area (Å²) in [4.78, 5) is 2.45. The summed E-state index contributed by atoms with van der Waals surface area (Å²) in [5.74, 6) is 0. The zero-order valence-electron chi connectivity index (χ0n) is 30.5. The zero-order valence-corrected chi connectivity index (χ0v) is 31.3. The summed E-state index contributed by atoms with van der Waals surface area (Å²) < 4.78 is 2.61. The van der Waals surface area contributed by atoms with Gasteiger partial charge in [-0.1, -0.05) is 164 Å². The van der Waals surface area contributed by atoms with Crippen molar-refractivity contribution in [1.82, 2.24) is 0 Å². The average Bonchev–Trinajstić information content (AvgIpc) is 3.64. The summed E-state index contributed by atoms with van der Waals surface area (Å²) in [6.45, 7) is 2.22. The van der Waals surface area contributed by atoms with Gasteiger partial charge in [0.1, 0.15) is 0 Å². The summed E-state index contributed by atoms with van der Waals surface area (Å²) in [6, 6.07) is 75.2. The number of hydrogen-bond acceptors (Lipinski definition) is 2. The second-order valence-electron chi connectivity index (χ2n) is 14.2. The molecule has 2 heteroatoms. The number of anilines is 3. The van der Waals surface area contributed by atoms with E-state index in [-0.39, 0.29) is 0 Å². The lowest BCUT2D eigenvalue weighted by Crippen LogP contribution is -2.11. The number of fused-ring (bicyclic) bond motifs is 4. The Labute approximate surface area is 326 Å². The highest BCUT2D eigenvalue weighted by Crippen LogP contribution is 2.47. The minimum Gasteiger partial charge on any atom is -0.310 e. The molecule has 10 aromatic rings. The van der Waals surface area contributed by atoms with Gasteiger partial charge in [-0.15, -0.1) is 11.3 Å². The van der Waals surface area contributed by atoms with Gasteiger partial charge in [-0.2, -0.15) is 0 Å². The van der Waals surface area contributed by atoms with Crippen LogP contribution in [0.25, 0.3) is 75.5 Å². The molecule has 0 unspecified atom stereocenters. The molecule has 1 aromatic heterocycles. The number of thiophene rings is 1. The summed E-state index contributed by atoms with van der Waals surface area (Å²) in [5.41, 5.74) is 14.4. The quantitative estimate of drug-likeness (QED) is 0.159. The molecule has 0 aliphatic heterocycles. The largest absolute Gasteiger partial charge is 0.310 e. The fourth-order valence-corrected chi connectivity index (χ4v) is 9.38. The fourth-order valence-electron chi connectivity index (χ4n) is 8.17. The first-order chi connectivity index (χ1) is 27.2. The maximum Gasteiger partial charge on any atom is 0.0546 e. The first-order valence-corrected chi connectivity index (χ1v) is 19.7. The molecule has 0 N–H and O–H groups in total. The third-order valence-electron chi connectivity index (χ3n) is 10.8. The van der Waals surface area contributed by atoms with Gasteiger partial charge in [0.25, 0.3) is 0 Å². The molecule has 0 radical (unpaired) electrons. The van der Waals surface area contributed by atoms with Crippen LogP contribution in [0.1, 0.15) is 5.56 Å². The highest BCUT2D eigenvalue weighted by atomic mass is 32.1. The van der Waals surface area contributed by atoms with Crippen molar-refractivity contribution in [3.63, 3.8) is 0 Å². The summed E-state index contributed by atoms with van der Waals surface area (Å²) in [6.07, 6.45) is 0. The highest BCUT2D eigenvalue weighted by Gasteiger charge is 2.21. The van der Waals surface area contributed by atoms with Crippen molar-refractivity contribution in [3.05, 3.63) is 212 Å². The van der Waals surface area contributed by atoms with Gasteiger partial charge in [0.05, 0.1) is 5.69 Å². The van der Waals surface area contributed by atoms with Crippen LogP contribution >= 0.6 is 11.3 Å². The summed E-state index contributed by atoms with van der Waals surface area (Å²) in [5, 5.41) is 5.13. The Bertz CT molecular complexity index is 2960. The minimum atomic E-state index is 1.11. The van der Waals surface area contributed by atoms with Gasteiger partial charge in [-0.3, -0.25) is 0 Å². The van der Waals surface area contributed by atoms with Crippen LogP contribution in [0.15, 0.2) is 206 Å². The van der Waals surface area contributed by atoms with Crippen molar-refractivity contribution in [2.24, 2.45) is 0 Å². The zero-order chi connectivity index (χ0) is 36.7. The third-order valence-corrected chi connectivity index (χ3v) is 11.9. The number of nitrogens with zero attached hydrogens (tertiary/aromatic N) is 1. The van der Waals surface area contributed by atoms with Gasteiger partial charge in [-0.05, 0) is 105 Å². The predicted molar refractivity (Wildman–Crippen MR) is 238 cm³/mol. The molecule has 0 saturated heterocycles. The third kappa shape index (κ3) is 5.98. The van der Waals surface area contributed by atoms with Crippen LogP contribution in [0.3, 0.4) is 0 Å². The van der Waals surface area contributed by atoms with Gasteiger partial charge in [0.15, 0.2) is 0 Å². The Kier molecular flexibility index (Phi) is 8.32. The standard InChI is InChI=1S/C53H37NS/c1-36-14-13-23-50-52(36)47-32-30-44(35-51(47)55-50)54(49-33-27-39-19-11-12-22-46(39)53(49)41-20-9-4-10-21-41)43-28-24-40(25-29-43)45-31-26-42(37-15-5-2-6-16-37)34-48(45)38-17-7-3-8-18-38/h2-35H,1H3. The van der Waals surface area contributed by atoms with Crippen molar-refractivity contribution in [3.8, 4) is 44.5 Å². The smallest absolute Gasteiger partial charge is 0.0546 e. The Morgan fingerprint density at radius 2 is 1.02 bits per heavy atom.